The number of aromatic nitrogens is 1. The minimum absolute atomic E-state index is 0. The van der Waals surface area contributed by atoms with Crippen molar-refractivity contribution in [3.63, 3.8) is 0 Å². The molecule has 20 heavy (non-hydrogen) atoms. The van der Waals surface area contributed by atoms with Gasteiger partial charge in [-0.15, -0.1) is 11.5 Å². The second kappa shape index (κ2) is 4.91. The fraction of sp³-hybridized carbons (Fsp3) is 0.0556. The maximum atomic E-state index is 4.21. The van der Waals surface area contributed by atoms with Gasteiger partial charge in [-0.25, -0.2) is 0 Å². The third-order valence-electron chi connectivity index (χ3n) is 3.99. The van der Waals surface area contributed by atoms with Crippen LogP contribution in [0.5, 0.6) is 0 Å². The van der Waals surface area contributed by atoms with Crippen LogP contribution < -0.4 is 0 Å². The Kier molecular flexibility index (Phi) is 3.35. The van der Waals surface area contributed by atoms with Crippen LogP contribution in [0.1, 0.15) is 5.56 Å². The molecule has 1 radical (unpaired) electrons. The number of para-hydroxylation sites is 1. The smallest absolute Gasteiger partial charge is 0.0477 e. The molecule has 0 aliphatic rings. The molecule has 0 atom stereocenters. The van der Waals surface area contributed by atoms with Crippen LogP contribution in [-0.2, 0) is 39.8 Å². The molecule has 1 nitrogen and oxygen atoms in total. The summed E-state index contributed by atoms with van der Waals surface area (Å²) < 4.78 is 2.28. The molecule has 0 fully saturated rings. The van der Waals surface area contributed by atoms with E-state index < -0.39 is 0 Å². The number of aryl methyl sites for hydroxylation is 1. The van der Waals surface area contributed by atoms with Gasteiger partial charge >= 0.3 is 0 Å². The van der Waals surface area contributed by atoms with Gasteiger partial charge in [0.25, 0.3) is 0 Å². The summed E-state index contributed by atoms with van der Waals surface area (Å²) in [6, 6.07) is 19.3. The standard InChI is InChI=1S/C18H14N.Y/c1-12-11-16-14-8-5-6-10-17(14)19(2)18(16)15-9-4-3-7-13(12)15;/h3-11H,1H2,2H3;/q-1;. The summed E-state index contributed by atoms with van der Waals surface area (Å²) in [6.07, 6.45) is 0. The van der Waals surface area contributed by atoms with Crippen LogP contribution in [0.25, 0.3) is 32.6 Å². The first-order valence-corrected chi connectivity index (χ1v) is 6.48. The van der Waals surface area contributed by atoms with Gasteiger partial charge in [-0.3, -0.25) is 0 Å². The normalized spacial score (nSPS) is 11.1. The second-order valence-electron chi connectivity index (χ2n) is 5.05. The number of nitrogens with zero attached hydrogens (tertiary/aromatic N) is 1. The molecule has 0 amide bonds. The van der Waals surface area contributed by atoms with E-state index in [1.54, 1.807) is 0 Å². The van der Waals surface area contributed by atoms with Gasteiger partial charge < -0.3 is 4.57 Å². The molecule has 3 aromatic carbocycles. The second-order valence-corrected chi connectivity index (χ2v) is 5.05. The van der Waals surface area contributed by atoms with Crippen LogP contribution in [0.15, 0.2) is 54.6 Å². The number of hydrogen-bond donors (Lipinski definition) is 0. The van der Waals surface area contributed by atoms with E-state index in [0.717, 1.165) is 5.56 Å². The zero-order valence-electron chi connectivity index (χ0n) is 11.4. The summed E-state index contributed by atoms with van der Waals surface area (Å²) in [6.45, 7) is 4.21. The van der Waals surface area contributed by atoms with Gasteiger partial charge in [0.1, 0.15) is 0 Å². The molecule has 0 unspecified atom stereocenters. The molecule has 0 saturated heterocycles. The molecule has 0 aliphatic carbocycles. The van der Waals surface area contributed by atoms with E-state index in [0.29, 0.717) is 0 Å². The molecule has 4 rings (SSSR count). The van der Waals surface area contributed by atoms with Crippen molar-refractivity contribution in [2.75, 3.05) is 0 Å². The van der Waals surface area contributed by atoms with Crippen molar-refractivity contribution >= 4 is 32.6 Å². The van der Waals surface area contributed by atoms with E-state index in [1.807, 2.05) is 0 Å². The zero-order valence-corrected chi connectivity index (χ0v) is 14.3. The Morgan fingerprint density at radius 3 is 2.15 bits per heavy atom. The van der Waals surface area contributed by atoms with Gasteiger partial charge in [-0.05, 0) is 16.8 Å². The SMILES string of the molecule is [CH2-]c1cc2c3ccccc3n(C)c2c2ccccc12.[Y]. The first-order chi connectivity index (χ1) is 9.27. The summed E-state index contributed by atoms with van der Waals surface area (Å²) in [4.78, 5) is 0. The molecule has 0 bridgehead atoms. The summed E-state index contributed by atoms with van der Waals surface area (Å²) in [5.41, 5.74) is 3.66. The van der Waals surface area contributed by atoms with Crippen molar-refractivity contribution in [2.24, 2.45) is 7.05 Å². The van der Waals surface area contributed by atoms with Gasteiger partial charge in [0.2, 0.25) is 0 Å². The maximum Gasteiger partial charge on any atom is 0.0477 e. The average Bonchev–Trinajstić information content (AvgIpc) is 2.73. The number of fused-ring (bicyclic) bond motifs is 5. The number of benzene rings is 3. The van der Waals surface area contributed by atoms with E-state index in [4.69, 9.17) is 0 Å². The van der Waals surface area contributed by atoms with Gasteiger partial charge in [-0.1, -0.05) is 41.8 Å². The maximum absolute atomic E-state index is 4.21. The van der Waals surface area contributed by atoms with E-state index >= 15 is 0 Å². The largest absolute Gasteiger partial charge is 0.345 e. The van der Waals surface area contributed by atoms with Crippen molar-refractivity contribution in [1.82, 2.24) is 4.57 Å². The zero-order chi connectivity index (χ0) is 13.0. The van der Waals surface area contributed by atoms with Gasteiger partial charge in [0.05, 0.1) is 0 Å². The van der Waals surface area contributed by atoms with Gasteiger partial charge in [0, 0.05) is 50.8 Å². The monoisotopic (exact) mass is 333 g/mol. The molecular formula is C18H14NY-. The Labute approximate surface area is 143 Å². The molecule has 0 aliphatic heterocycles. The summed E-state index contributed by atoms with van der Waals surface area (Å²) in [5.74, 6) is 0. The Morgan fingerprint density at radius 2 is 1.40 bits per heavy atom. The van der Waals surface area contributed by atoms with Crippen molar-refractivity contribution in [2.45, 2.75) is 0 Å². The van der Waals surface area contributed by atoms with Gasteiger partial charge in [-0.2, -0.15) is 18.6 Å². The molecule has 1 aromatic heterocycles. The predicted octanol–water partition coefficient (Wildman–Crippen LogP) is 4.66. The Balaban J connectivity index is 0.00000121. The first kappa shape index (κ1) is 13.7. The summed E-state index contributed by atoms with van der Waals surface area (Å²) in [5, 5.41) is 5.11. The van der Waals surface area contributed by atoms with E-state index in [9.17, 15) is 0 Å². The quantitative estimate of drug-likeness (QED) is 0.412. The predicted molar refractivity (Wildman–Crippen MR) is 82.4 cm³/mol. The molecule has 2 heteroatoms. The number of rotatable bonds is 0. The molecule has 95 valence electrons. The van der Waals surface area contributed by atoms with E-state index in [1.165, 1.54) is 32.6 Å². The fourth-order valence-corrected chi connectivity index (χ4v) is 3.12. The van der Waals surface area contributed by atoms with Crippen molar-refractivity contribution in [1.29, 1.82) is 0 Å². The van der Waals surface area contributed by atoms with Crippen LogP contribution in [0, 0.1) is 6.92 Å². The third-order valence-corrected chi connectivity index (χ3v) is 3.99. The first-order valence-electron chi connectivity index (χ1n) is 6.48. The molecular weight excluding hydrogens is 319 g/mol. The summed E-state index contributed by atoms with van der Waals surface area (Å²) >= 11 is 0. The Morgan fingerprint density at radius 1 is 0.800 bits per heavy atom. The van der Waals surface area contributed by atoms with Crippen molar-refractivity contribution in [3.8, 4) is 0 Å². The minimum atomic E-state index is 0. The van der Waals surface area contributed by atoms with E-state index in [-0.39, 0.29) is 32.7 Å². The fourth-order valence-electron chi connectivity index (χ4n) is 3.12. The van der Waals surface area contributed by atoms with Crippen LogP contribution in [0.2, 0.25) is 0 Å². The minimum Gasteiger partial charge on any atom is -0.345 e. The topological polar surface area (TPSA) is 4.93 Å². The van der Waals surface area contributed by atoms with Crippen LogP contribution in [0.4, 0.5) is 0 Å². The molecule has 4 aromatic rings. The van der Waals surface area contributed by atoms with Crippen LogP contribution in [-0.4, -0.2) is 4.57 Å². The Hall–Kier alpha value is -1.31. The molecule has 0 spiro atoms. The average molecular weight is 333 g/mol. The molecule has 1 heterocycles. The van der Waals surface area contributed by atoms with E-state index in [2.05, 4.69) is 73.1 Å². The molecule has 0 N–H and O–H groups in total. The summed E-state index contributed by atoms with van der Waals surface area (Å²) in [7, 11) is 2.14. The molecule has 0 saturated carbocycles. The third kappa shape index (κ3) is 1.73. The van der Waals surface area contributed by atoms with Gasteiger partial charge in [0.15, 0.2) is 0 Å². The Bertz CT molecular complexity index is 934. The van der Waals surface area contributed by atoms with Crippen LogP contribution in [0.3, 0.4) is 0 Å². The van der Waals surface area contributed by atoms with Crippen molar-refractivity contribution < 1.29 is 32.7 Å². The van der Waals surface area contributed by atoms with Crippen molar-refractivity contribution in [3.05, 3.63) is 67.1 Å². The number of hydrogen-bond acceptors (Lipinski definition) is 0. The van der Waals surface area contributed by atoms with Crippen LogP contribution >= 0.6 is 0 Å².